The summed E-state index contributed by atoms with van der Waals surface area (Å²) < 4.78 is 1.76. The maximum atomic E-state index is 12.8. The van der Waals surface area contributed by atoms with E-state index in [-0.39, 0.29) is 5.91 Å². The van der Waals surface area contributed by atoms with E-state index in [0.717, 1.165) is 22.5 Å². The van der Waals surface area contributed by atoms with Crippen molar-refractivity contribution in [2.24, 2.45) is 0 Å². The zero-order chi connectivity index (χ0) is 18.6. The molecule has 0 bridgehead atoms. The molecule has 1 N–H and O–H groups in total. The maximum absolute atomic E-state index is 12.8. The van der Waals surface area contributed by atoms with E-state index < -0.39 is 0 Å². The van der Waals surface area contributed by atoms with Crippen LogP contribution in [-0.2, 0) is 0 Å². The van der Waals surface area contributed by atoms with Crippen LogP contribution in [0.1, 0.15) is 15.9 Å². The van der Waals surface area contributed by atoms with Gasteiger partial charge in [0.25, 0.3) is 5.91 Å². The molecular weight excluding hydrogens is 334 g/mol. The summed E-state index contributed by atoms with van der Waals surface area (Å²) in [5, 5.41) is 7.74. The summed E-state index contributed by atoms with van der Waals surface area (Å²) in [6.07, 6.45) is 0. The molecular formula is C23H19N3O. The quantitative estimate of drug-likeness (QED) is 0.555. The predicted molar refractivity (Wildman–Crippen MR) is 108 cm³/mol. The van der Waals surface area contributed by atoms with Gasteiger partial charge in [0.1, 0.15) is 5.82 Å². The lowest BCUT2D eigenvalue weighted by atomic mass is 10.1. The monoisotopic (exact) mass is 353 g/mol. The smallest absolute Gasteiger partial charge is 0.257 e. The van der Waals surface area contributed by atoms with Crippen LogP contribution >= 0.6 is 0 Å². The van der Waals surface area contributed by atoms with E-state index in [2.05, 4.69) is 5.32 Å². The predicted octanol–water partition coefficient (Wildman–Crippen LogP) is 5.10. The van der Waals surface area contributed by atoms with Gasteiger partial charge in [-0.3, -0.25) is 4.79 Å². The van der Waals surface area contributed by atoms with Crippen molar-refractivity contribution in [1.82, 2.24) is 9.78 Å². The third-order valence-electron chi connectivity index (χ3n) is 4.41. The summed E-state index contributed by atoms with van der Waals surface area (Å²) in [4.78, 5) is 12.8. The number of anilines is 1. The van der Waals surface area contributed by atoms with Gasteiger partial charge in [-0.25, -0.2) is 4.68 Å². The summed E-state index contributed by atoms with van der Waals surface area (Å²) in [5.74, 6) is 0.484. The topological polar surface area (TPSA) is 46.9 Å². The number of hydrogen-bond donors (Lipinski definition) is 1. The van der Waals surface area contributed by atoms with Crippen molar-refractivity contribution in [2.45, 2.75) is 6.92 Å². The second kappa shape index (κ2) is 7.30. The average Bonchev–Trinajstić information content (AvgIpc) is 3.13. The highest BCUT2D eigenvalue weighted by molar-refractivity contribution is 6.05. The highest BCUT2D eigenvalue weighted by atomic mass is 16.1. The Bertz CT molecular complexity index is 1070. The summed E-state index contributed by atoms with van der Waals surface area (Å²) in [6.45, 7) is 1.93. The van der Waals surface area contributed by atoms with Gasteiger partial charge in [-0.1, -0.05) is 66.7 Å². The summed E-state index contributed by atoms with van der Waals surface area (Å²) in [7, 11) is 0. The third kappa shape index (κ3) is 3.51. The molecule has 4 aromatic rings. The average molecular weight is 353 g/mol. The Morgan fingerprint density at radius 1 is 0.852 bits per heavy atom. The Morgan fingerprint density at radius 3 is 2.19 bits per heavy atom. The van der Waals surface area contributed by atoms with Crippen LogP contribution in [0, 0.1) is 6.92 Å². The van der Waals surface area contributed by atoms with E-state index in [1.165, 1.54) is 0 Å². The van der Waals surface area contributed by atoms with E-state index >= 15 is 0 Å². The van der Waals surface area contributed by atoms with Crippen LogP contribution in [0.2, 0.25) is 0 Å². The van der Waals surface area contributed by atoms with Gasteiger partial charge in [0.2, 0.25) is 0 Å². The van der Waals surface area contributed by atoms with Gasteiger partial charge in [-0.05, 0) is 30.7 Å². The van der Waals surface area contributed by atoms with Crippen molar-refractivity contribution < 1.29 is 4.79 Å². The summed E-state index contributed by atoms with van der Waals surface area (Å²) >= 11 is 0. The van der Waals surface area contributed by atoms with Crippen LogP contribution < -0.4 is 5.32 Å². The number of carbonyl (C=O) groups is 1. The lowest BCUT2D eigenvalue weighted by Crippen LogP contribution is -2.16. The van der Waals surface area contributed by atoms with Gasteiger partial charge >= 0.3 is 0 Å². The molecule has 0 spiro atoms. The van der Waals surface area contributed by atoms with Crippen LogP contribution in [0.5, 0.6) is 0 Å². The largest absolute Gasteiger partial charge is 0.306 e. The normalized spacial score (nSPS) is 10.6. The van der Waals surface area contributed by atoms with Crippen LogP contribution in [-0.4, -0.2) is 15.7 Å². The number of nitrogens with zero attached hydrogens (tertiary/aromatic N) is 2. The second-order valence-corrected chi connectivity index (χ2v) is 6.30. The molecule has 1 aromatic heterocycles. The maximum Gasteiger partial charge on any atom is 0.257 e. The number of nitrogens with one attached hydrogen (secondary N) is 1. The molecule has 0 radical (unpaired) electrons. The fourth-order valence-corrected chi connectivity index (χ4v) is 3.00. The lowest BCUT2D eigenvalue weighted by Gasteiger charge is -2.10. The Hall–Kier alpha value is -3.66. The zero-order valence-corrected chi connectivity index (χ0v) is 15.0. The molecule has 4 rings (SSSR count). The van der Waals surface area contributed by atoms with Gasteiger partial charge in [-0.15, -0.1) is 0 Å². The van der Waals surface area contributed by atoms with Crippen molar-refractivity contribution >= 4 is 11.7 Å². The molecule has 4 nitrogen and oxygen atoms in total. The SMILES string of the molecule is Cc1ccccc1C(=O)Nc1cc(-c2ccccc2)nn1-c1ccccc1. The number of para-hydroxylation sites is 1. The Morgan fingerprint density at radius 2 is 1.48 bits per heavy atom. The van der Waals surface area contributed by atoms with E-state index in [1.807, 2.05) is 97.9 Å². The van der Waals surface area contributed by atoms with Crippen molar-refractivity contribution in [3.8, 4) is 16.9 Å². The van der Waals surface area contributed by atoms with E-state index in [1.54, 1.807) is 4.68 Å². The van der Waals surface area contributed by atoms with E-state index in [9.17, 15) is 4.79 Å². The molecule has 0 aliphatic carbocycles. The zero-order valence-electron chi connectivity index (χ0n) is 15.0. The van der Waals surface area contributed by atoms with Gasteiger partial charge < -0.3 is 5.32 Å². The van der Waals surface area contributed by atoms with Crippen molar-refractivity contribution in [2.75, 3.05) is 5.32 Å². The molecule has 3 aromatic carbocycles. The van der Waals surface area contributed by atoms with Crippen LogP contribution in [0.25, 0.3) is 16.9 Å². The highest BCUT2D eigenvalue weighted by Gasteiger charge is 2.15. The van der Waals surface area contributed by atoms with Crippen molar-refractivity contribution in [3.63, 3.8) is 0 Å². The molecule has 27 heavy (non-hydrogen) atoms. The molecule has 0 aliphatic rings. The van der Waals surface area contributed by atoms with Crippen LogP contribution in [0.15, 0.2) is 91.0 Å². The molecule has 4 heteroatoms. The molecule has 0 atom stereocenters. The number of benzene rings is 3. The van der Waals surface area contributed by atoms with Crippen LogP contribution in [0.4, 0.5) is 5.82 Å². The lowest BCUT2D eigenvalue weighted by molar-refractivity contribution is 0.102. The van der Waals surface area contributed by atoms with Gasteiger partial charge in [0.05, 0.1) is 11.4 Å². The van der Waals surface area contributed by atoms with Crippen molar-refractivity contribution in [1.29, 1.82) is 0 Å². The molecule has 1 amide bonds. The fourth-order valence-electron chi connectivity index (χ4n) is 3.00. The standard InChI is InChI=1S/C23H19N3O/c1-17-10-8-9-15-20(17)23(27)24-22-16-21(18-11-4-2-5-12-18)25-26(22)19-13-6-3-7-14-19/h2-16H,1H3,(H,24,27). The molecule has 0 saturated heterocycles. The van der Waals surface area contributed by atoms with Crippen molar-refractivity contribution in [3.05, 3.63) is 102 Å². The fraction of sp³-hybridized carbons (Fsp3) is 0.0435. The molecule has 0 saturated carbocycles. The molecule has 132 valence electrons. The number of amides is 1. The third-order valence-corrected chi connectivity index (χ3v) is 4.41. The van der Waals surface area contributed by atoms with Gasteiger partial charge in [0.15, 0.2) is 0 Å². The molecule has 1 heterocycles. The molecule has 0 fully saturated rings. The minimum atomic E-state index is -0.148. The first kappa shape index (κ1) is 16.8. The number of rotatable bonds is 4. The molecule has 0 unspecified atom stereocenters. The van der Waals surface area contributed by atoms with Gasteiger partial charge in [0, 0.05) is 17.2 Å². The first-order valence-corrected chi connectivity index (χ1v) is 8.80. The van der Waals surface area contributed by atoms with Crippen LogP contribution in [0.3, 0.4) is 0 Å². The summed E-state index contributed by atoms with van der Waals surface area (Å²) in [5.41, 5.74) is 4.28. The Kier molecular flexibility index (Phi) is 4.54. The number of carbonyl (C=O) groups excluding carboxylic acids is 1. The first-order chi connectivity index (χ1) is 13.2. The highest BCUT2D eigenvalue weighted by Crippen LogP contribution is 2.25. The van der Waals surface area contributed by atoms with E-state index in [0.29, 0.717) is 11.4 Å². The minimum absolute atomic E-state index is 0.148. The Balaban J connectivity index is 1.76. The first-order valence-electron chi connectivity index (χ1n) is 8.80. The number of aryl methyl sites for hydroxylation is 1. The number of hydrogen-bond acceptors (Lipinski definition) is 2. The minimum Gasteiger partial charge on any atom is -0.306 e. The Labute approximate surface area is 158 Å². The molecule has 0 aliphatic heterocycles. The second-order valence-electron chi connectivity index (χ2n) is 6.30. The van der Waals surface area contributed by atoms with E-state index in [4.69, 9.17) is 5.10 Å². The summed E-state index contributed by atoms with van der Waals surface area (Å²) in [6, 6.07) is 29.2. The number of aromatic nitrogens is 2. The van der Waals surface area contributed by atoms with Gasteiger partial charge in [-0.2, -0.15) is 5.10 Å².